The van der Waals surface area contributed by atoms with Crippen LogP contribution in [0, 0.1) is 5.41 Å². The lowest BCUT2D eigenvalue weighted by molar-refractivity contribution is -0.144. The second kappa shape index (κ2) is 22.9. The molecule has 1 unspecified atom stereocenters. The van der Waals surface area contributed by atoms with Crippen LogP contribution in [0.25, 0.3) is 0 Å². The Hall–Kier alpha value is -5.91. The number of hydrogen-bond acceptors (Lipinski definition) is 9. The van der Waals surface area contributed by atoms with E-state index in [2.05, 4.69) is 68.5 Å². The van der Waals surface area contributed by atoms with Crippen LogP contribution in [-0.2, 0) is 48.0 Å². The third kappa shape index (κ3) is 12.6. The Morgan fingerprint density at radius 2 is 1.19 bits per heavy atom. The van der Waals surface area contributed by atoms with Gasteiger partial charge in [-0.15, -0.1) is 0 Å². The zero-order chi connectivity index (χ0) is 52.1. The molecule has 72 heavy (non-hydrogen) atoms. The van der Waals surface area contributed by atoms with Gasteiger partial charge in [0.2, 0.25) is 35.4 Å². The van der Waals surface area contributed by atoms with Crippen molar-refractivity contribution >= 4 is 49.4 Å². The van der Waals surface area contributed by atoms with Gasteiger partial charge >= 0.3 is 0 Å². The van der Waals surface area contributed by atoms with Crippen molar-refractivity contribution in [1.29, 1.82) is 0 Å². The summed E-state index contributed by atoms with van der Waals surface area (Å²) >= 11 is 0. The first-order valence-electron chi connectivity index (χ1n) is 25.9. The van der Waals surface area contributed by atoms with Crippen molar-refractivity contribution in [3.8, 4) is 0 Å². The lowest BCUT2D eigenvalue weighted by Crippen LogP contribution is -2.59. The van der Waals surface area contributed by atoms with Gasteiger partial charge < -0.3 is 47.0 Å². The van der Waals surface area contributed by atoms with Crippen molar-refractivity contribution in [2.45, 2.75) is 159 Å². The minimum absolute atomic E-state index is 0.0453. The number of likely N-dealkylation sites (N-methyl/N-ethyl adjacent to an activating group) is 2. The molecule has 7 N–H and O–H groups in total. The van der Waals surface area contributed by atoms with E-state index in [9.17, 15) is 33.6 Å². The van der Waals surface area contributed by atoms with Gasteiger partial charge in [0.05, 0.1) is 32.2 Å². The quantitative estimate of drug-likeness (QED) is 0.103. The first kappa shape index (κ1) is 53.9. The molecule has 2 saturated heterocycles. The molecule has 7 amide bonds. The third-order valence-electron chi connectivity index (χ3n) is 15.2. The van der Waals surface area contributed by atoms with Crippen LogP contribution < -0.4 is 37.2 Å². The number of nitrogens with zero attached hydrogens (tertiary/aromatic N) is 2. The lowest BCUT2D eigenvalue weighted by Gasteiger charge is -2.36. The van der Waals surface area contributed by atoms with Gasteiger partial charge in [-0.3, -0.25) is 33.6 Å². The largest absolute Gasteiger partial charge is 0.348 e. The van der Waals surface area contributed by atoms with E-state index in [1.807, 2.05) is 51.1 Å². The molecule has 388 valence electrons. The molecule has 0 radical (unpaired) electrons. The first-order valence-corrected chi connectivity index (χ1v) is 29.3. The minimum atomic E-state index is -2.03. The molecule has 0 bridgehead atoms. The summed E-state index contributed by atoms with van der Waals surface area (Å²) in [5.41, 5.74) is 4.90. The molecule has 9 atom stereocenters. The van der Waals surface area contributed by atoms with Gasteiger partial charge in [-0.2, -0.15) is 0 Å². The number of likely N-dealkylation sites (tertiary alicyclic amines) is 1. The van der Waals surface area contributed by atoms with Crippen LogP contribution in [0.5, 0.6) is 0 Å². The summed E-state index contributed by atoms with van der Waals surface area (Å²) in [6.45, 7) is 13.4. The minimum Gasteiger partial charge on any atom is -0.348 e. The highest BCUT2D eigenvalue weighted by molar-refractivity contribution is 6.79. The summed E-state index contributed by atoms with van der Waals surface area (Å²) in [4.78, 5) is 102. The Morgan fingerprint density at radius 3 is 1.74 bits per heavy atom. The Morgan fingerprint density at radius 1 is 0.667 bits per heavy atom. The second-order valence-electron chi connectivity index (χ2n) is 22.4. The monoisotopic (exact) mass is 1000 g/mol. The van der Waals surface area contributed by atoms with Crippen LogP contribution in [0.3, 0.4) is 0 Å². The van der Waals surface area contributed by atoms with Crippen molar-refractivity contribution < 1.29 is 33.6 Å². The number of hydrogen-bond donors (Lipinski definition) is 7. The van der Waals surface area contributed by atoms with Crippen molar-refractivity contribution in [3.63, 3.8) is 0 Å². The van der Waals surface area contributed by atoms with Crippen molar-refractivity contribution in [2.75, 3.05) is 26.8 Å². The maximum Gasteiger partial charge on any atom is 0.251 e. The normalized spacial score (nSPS) is 23.0. The smallest absolute Gasteiger partial charge is 0.251 e. The average Bonchev–Trinajstić information content (AvgIpc) is 3.94. The van der Waals surface area contributed by atoms with E-state index in [0.717, 1.165) is 49.7 Å². The van der Waals surface area contributed by atoms with E-state index in [1.165, 1.54) is 16.0 Å². The molecule has 2 aliphatic heterocycles. The van der Waals surface area contributed by atoms with Gasteiger partial charge in [0, 0.05) is 30.7 Å². The number of rotatable bonds is 16. The zero-order valence-electron chi connectivity index (χ0n) is 43.7. The summed E-state index contributed by atoms with van der Waals surface area (Å²) in [6.07, 6.45) is 6.07. The fraction of sp³-hybridized carbons (Fsp3) is 0.545. The number of benzene rings is 3. The highest BCUT2D eigenvalue weighted by Crippen LogP contribution is 2.34. The molecule has 2 heterocycles. The van der Waals surface area contributed by atoms with Gasteiger partial charge in [0.1, 0.15) is 24.2 Å². The zero-order valence-corrected chi connectivity index (χ0v) is 44.7. The van der Waals surface area contributed by atoms with E-state index in [-0.39, 0.29) is 61.0 Å². The summed E-state index contributed by atoms with van der Waals surface area (Å²) in [6, 6.07) is 18.0. The Labute approximate surface area is 426 Å². The van der Waals surface area contributed by atoms with Crippen LogP contribution in [0.1, 0.15) is 117 Å². The highest BCUT2D eigenvalue weighted by Gasteiger charge is 2.48. The summed E-state index contributed by atoms with van der Waals surface area (Å²) in [5, 5.41) is 21.4. The standard InChI is InChI=1S/C55H77N9O7Si/c1-33(56-6)48(65)61-44(53(70)64-32-72(8,9)31-46(64)52(69)60-43-23-15-19-37-17-11-13-21-41(37)43)28-35-24-26-38(27-25-35)50(67)58-39-29-45(51(68)59-42-22-14-18-36-16-10-12-20-40(36)42)63(30-39)54(71)47(55(3,4)5)62-49(66)34(2)57-7/h10-13,16-17,20-21,24-27,33-34,39,42-47,56-57H,14-15,18-19,22-23,28-32H2,1-9H3,(H,58,67)(H,59,68)(H,60,69)(H,61,65)(H,62,66)/t33-,34-,39-,42+,43+,44?,45-,46-,47+/m0/s1. The van der Waals surface area contributed by atoms with Crippen molar-refractivity contribution in [2.24, 2.45) is 5.41 Å². The predicted octanol–water partition coefficient (Wildman–Crippen LogP) is 4.01. The Balaban J connectivity index is 1.07. The van der Waals surface area contributed by atoms with Gasteiger partial charge in [-0.25, -0.2) is 0 Å². The molecule has 3 aromatic rings. The van der Waals surface area contributed by atoms with Crippen LogP contribution in [-0.4, -0.2) is 128 Å². The van der Waals surface area contributed by atoms with E-state index >= 15 is 0 Å². The lowest BCUT2D eigenvalue weighted by atomic mass is 9.85. The molecule has 2 fully saturated rings. The fourth-order valence-corrected chi connectivity index (χ4v) is 13.7. The van der Waals surface area contributed by atoms with Crippen LogP contribution >= 0.6 is 0 Å². The van der Waals surface area contributed by atoms with Crippen molar-refractivity contribution in [1.82, 2.24) is 47.0 Å². The number of carbonyl (C=O) groups excluding carboxylic acids is 7. The highest BCUT2D eigenvalue weighted by atomic mass is 28.3. The molecule has 0 saturated carbocycles. The number of nitrogens with one attached hydrogen (secondary N) is 7. The first-order chi connectivity index (χ1) is 34.2. The SMILES string of the molecule is CN[C@@H](C)C(=O)NC(Cc1ccc(C(=O)N[C@H]2C[C@@H](C(=O)N[C@@H]3CCCc4ccccc43)N(C(=O)[C@@H](NC(=O)[C@H](C)NC)C(C)(C)C)C2)cc1)C(=O)N1C[Si](C)(C)C[C@H]1C(=O)N[C@@H]1CCCc2ccccc21. The number of amides is 7. The molecule has 16 nitrogen and oxygen atoms in total. The van der Waals surface area contributed by atoms with E-state index in [1.54, 1.807) is 57.1 Å². The van der Waals surface area contributed by atoms with Crippen LogP contribution in [0.15, 0.2) is 72.8 Å². The molecule has 0 spiro atoms. The van der Waals surface area contributed by atoms with E-state index < -0.39 is 67.6 Å². The number of aryl methyl sites for hydroxylation is 2. The van der Waals surface area contributed by atoms with Crippen molar-refractivity contribution in [3.05, 3.63) is 106 Å². The summed E-state index contributed by atoms with van der Waals surface area (Å²) in [7, 11) is 1.31. The van der Waals surface area contributed by atoms with Gasteiger partial charge in [0.15, 0.2) is 0 Å². The molecule has 7 rings (SSSR count). The second-order valence-corrected chi connectivity index (χ2v) is 27.4. The van der Waals surface area contributed by atoms with E-state index in [0.29, 0.717) is 23.3 Å². The molecule has 3 aromatic carbocycles. The Kier molecular flexibility index (Phi) is 17.1. The van der Waals surface area contributed by atoms with Crippen LogP contribution in [0.4, 0.5) is 0 Å². The summed E-state index contributed by atoms with van der Waals surface area (Å²) in [5.74, 6) is -2.35. The summed E-state index contributed by atoms with van der Waals surface area (Å²) < 4.78 is 0. The maximum atomic E-state index is 14.8. The molecule has 2 aliphatic carbocycles. The Bertz CT molecular complexity index is 2490. The van der Waals surface area contributed by atoms with Gasteiger partial charge in [-0.1, -0.05) is 94.5 Å². The number of carbonyl (C=O) groups is 7. The van der Waals surface area contributed by atoms with Crippen LogP contribution in [0.2, 0.25) is 19.1 Å². The van der Waals surface area contributed by atoms with E-state index in [4.69, 9.17) is 0 Å². The molecular weight excluding hydrogens is 927 g/mol. The fourth-order valence-electron chi connectivity index (χ4n) is 10.8. The molecular formula is C55H77N9O7Si. The topological polar surface area (TPSA) is 210 Å². The average molecular weight is 1000 g/mol. The maximum absolute atomic E-state index is 14.8. The number of fused-ring (bicyclic) bond motifs is 2. The van der Waals surface area contributed by atoms with Gasteiger partial charge in [0.25, 0.3) is 5.91 Å². The molecule has 0 aromatic heterocycles. The third-order valence-corrected chi connectivity index (χ3v) is 17.9. The molecule has 4 aliphatic rings. The van der Waals surface area contributed by atoms with Gasteiger partial charge in [-0.05, 0) is 124 Å². The predicted molar refractivity (Wildman–Crippen MR) is 280 cm³/mol. The molecule has 17 heteroatoms.